The van der Waals surface area contributed by atoms with Gasteiger partial charge >= 0.3 is 5.97 Å². The molecule has 6 fully saturated rings. The third kappa shape index (κ3) is 5.28. The predicted molar refractivity (Wildman–Crippen MR) is 166 cm³/mol. The predicted octanol–water partition coefficient (Wildman–Crippen LogP) is 7.57. The minimum atomic E-state index is -0.220. The third-order valence-corrected chi connectivity index (χ3v) is 14.0. The van der Waals surface area contributed by atoms with Crippen molar-refractivity contribution in [1.82, 2.24) is 0 Å². The summed E-state index contributed by atoms with van der Waals surface area (Å²) < 4.78 is 10.7. The van der Waals surface area contributed by atoms with Gasteiger partial charge in [-0.15, -0.1) is 0 Å². The topological polar surface area (TPSA) is 79.3 Å². The van der Waals surface area contributed by atoms with E-state index in [1.807, 2.05) is 18.2 Å². The Hall–Kier alpha value is -1.43. The van der Waals surface area contributed by atoms with Crippen molar-refractivity contribution in [2.24, 2.45) is 51.2 Å². The Morgan fingerprint density at radius 1 is 0.857 bits per heavy atom. The van der Waals surface area contributed by atoms with E-state index in [9.17, 15) is 4.79 Å². The molecule has 5 nitrogen and oxygen atoms in total. The number of esters is 1. The molecule has 236 valence electrons. The van der Waals surface area contributed by atoms with Gasteiger partial charge in [-0.2, -0.15) is 0 Å². The summed E-state index contributed by atoms with van der Waals surface area (Å²) in [5, 5.41) is 15.1. The molecule has 7 rings (SSSR count). The highest BCUT2D eigenvalue weighted by molar-refractivity contribution is 5.78. The standard InChI is InChI=1S/C33H48O2.C3H6O2.CH4O/c1-23-10-8-17-30(2)25(23)16-19-32(4)28(30)15-14-26-27-13-9-18-33(27,21-20-31(26,32)3)29(34)35-22-24-11-6-5-7-12-24;4-1-3-2-5-3;1-2/h5-7,11-12,23,25-28H,8-10,13-22H2,1-4H3;3-4H,1-2H2;2H,1H3/t23?,25?,26?,27?,28?,30?,31-,32?,33?;;/m1../s1. The number of hydrogen-bond donors (Lipinski definition) is 2. The lowest BCUT2D eigenvalue weighted by Crippen LogP contribution is -2.64. The highest BCUT2D eigenvalue weighted by atomic mass is 16.6. The van der Waals surface area contributed by atoms with E-state index in [1.54, 1.807) is 0 Å². The molecule has 10 atom stereocenters. The quantitative estimate of drug-likeness (QED) is 0.283. The van der Waals surface area contributed by atoms with Crippen LogP contribution in [0.3, 0.4) is 0 Å². The maximum absolute atomic E-state index is 13.8. The number of ether oxygens (including phenoxy) is 2. The van der Waals surface area contributed by atoms with E-state index < -0.39 is 0 Å². The first-order chi connectivity index (χ1) is 20.2. The molecule has 1 aromatic rings. The average Bonchev–Trinajstić information content (AvgIpc) is 3.75. The lowest BCUT2D eigenvalue weighted by atomic mass is 9.33. The van der Waals surface area contributed by atoms with Gasteiger partial charge in [0.2, 0.25) is 0 Å². The molecular weight excluding hydrogens is 524 g/mol. The maximum Gasteiger partial charge on any atom is 0.312 e. The van der Waals surface area contributed by atoms with E-state index in [1.165, 1.54) is 64.2 Å². The number of benzene rings is 1. The molecule has 5 heteroatoms. The SMILES string of the molecule is CC1CCCC2(C)C1CCC1(C)C2CCC2C3CCCC3(C(=O)OCc3ccccc3)CC[C@]21C.CO.OCC1CO1. The zero-order chi connectivity index (χ0) is 30.2. The summed E-state index contributed by atoms with van der Waals surface area (Å²) in [6.45, 7) is 12.0. The molecule has 9 unspecified atom stereocenters. The number of aliphatic hydroxyl groups excluding tert-OH is 2. The highest BCUT2D eigenvalue weighted by Gasteiger charge is 2.69. The maximum atomic E-state index is 13.8. The number of epoxide rings is 1. The molecule has 6 aliphatic rings. The van der Waals surface area contributed by atoms with Crippen LogP contribution in [0.5, 0.6) is 0 Å². The lowest BCUT2D eigenvalue weighted by molar-refractivity contribution is -0.229. The normalized spacial score (nSPS) is 44.8. The monoisotopic (exact) mass is 582 g/mol. The molecule has 1 aliphatic heterocycles. The fourth-order valence-corrected chi connectivity index (χ4v) is 11.7. The van der Waals surface area contributed by atoms with Gasteiger partial charge in [0.1, 0.15) is 12.7 Å². The van der Waals surface area contributed by atoms with Gasteiger partial charge < -0.3 is 19.7 Å². The van der Waals surface area contributed by atoms with Gasteiger partial charge in [0.25, 0.3) is 0 Å². The summed E-state index contributed by atoms with van der Waals surface area (Å²) in [6, 6.07) is 10.2. The molecule has 0 amide bonds. The van der Waals surface area contributed by atoms with Crippen molar-refractivity contribution >= 4 is 5.97 Å². The molecule has 0 aromatic heterocycles. The van der Waals surface area contributed by atoms with Gasteiger partial charge in [0.05, 0.1) is 18.6 Å². The van der Waals surface area contributed by atoms with Crippen LogP contribution < -0.4 is 0 Å². The fraction of sp³-hybridized carbons (Fsp3) is 0.811. The van der Waals surface area contributed by atoms with Crippen LogP contribution in [-0.2, 0) is 20.9 Å². The smallest absolute Gasteiger partial charge is 0.312 e. The number of aliphatic hydroxyl groups is 2. The van der Waals surface area contributed by atoms with Crippen LogP contribution in [0.2, 0.25) is 0 Å². The molecule has 1 saturated heterocycles. The van der Waals surface area contributed by atoms with Gasteiger partial charge in [0.15, 0.2) is 0 Å². The van der Waals surface area contributed by atoms with Crippen LogP contribution in [0.25, 0.3) is 0 Å². The molecule has 0 radical (unpaired) electrons. The van der Waals surface area contributed by atoms with E-state index in [2.05, 4.69) is 44.6 Å². The van der Waals surface area contributed by atoms with Crippen LogP contribution in [0.15, 0.2) is 30.3 Å². The first-order valence-corrected chi connectivity index (χ1v) is 17.1. The third-order valence-electron chi connectivity index (χ3n) is 14.0. The second-order valence-electron chi connectivity index (χ2n) is 15.4. The highest BCUT2D eigenvalue weighted by Crippen LogP contribution is 2.76. The molecule has 42 heavy (non-hydrogen) atoms. The van der Waals surface area contributed by atoms with Crippen molar-refractivity contribution in [1.29, 1.82) is 0 Å². The largest absolute Gasteiger partial charge is 0.460 e. The Bertz CT molecular complexity index is 1060. The van der Waals surface area contributed by atoms with Crippen molar-refractivity contribution in [3.8, 4) is 0 Å². The molecule has 5 aliphatic carbocycles. The van der Waals surface area contributed by atoms with Gasteiger partial charge in [-0.05, 0) is 109 Å². The van der Waals surface area contributed by atoms with Crippen molar-refractivity contribution in [2.75, 3.05) is 20.3 Å². The van der Waals surface area contributed by atoms with Crippen molar-refractivity contribution in [3.63, 3.8) is 0 Å². The van der Waals surface area contributed by atoms with E-state index >= 15 is 0 Å². The minimum Gasteiger partial charge on any atom is -0.460 e. The molecule has 5 saturated carbocycles. The zero-order valence-electron chi connectivity index (χ0n) is 27.1. The van der Waals surface area contributed by atoms with Crippen molar-refractivity contribution < 1.29 is 24.5 Å². The van der Waals surface area contributed by atoms with Crippen molar-refractivity contribution in [2.45, 2.75) is 117 Å². The molecular formula is C37H58O5. The summed E-state index contributed by atoms with van der Waals surface area (Å²) in [5.41, 5.74) is 2.19. The van der Waals surface area contributed by atoms with Gasteiger partial charge in [-0.25, -0.2) is 0 Å². The Kier molecular flexibility index (Phi) is 9.53. The van der Waals surface area contributed by atoms with Crippen LogP contribution in [-0.4, -0.2) is 42.6 Å². The van der Waals surface area contributed by atoms with Crippen LogP contribution in [0.1, 0.15) is 110 Å². The number of rotatable bonds is 4. The Morgan fingerprint density at radius 3 is 2.24 bits per heavy atom. The zero-order valence-corrected chi connectivity index (χ0v) is 27.1. The Labute approximate surface area is 255 Å². The molecule has 0 spiro atoms. The second-order valence-corrected chi connectivity index (χ2v) is 15.4. The van der Waals surface area contributed by atoms with Crippen LogP contribution in [0.4, 0.5) is 0 Å². The van der Waals surface area contributed by atoms with E-state index in [-0.39, 0.29) is 24.1 Å². The Balaban J connectivity index is 0.000000450. The number of hydrogen-bond acceptors (Lipinski definition) is 5. The number of fused-ring (bicyclic) bond motifs is 7. The average molecular weight is 583 g/mol. The summed E-state index contributed by atoms with van der Waals surface area (Å²) in [4.78, 5) is 13.8. The van der Waals surface area contributed by atoms with Crippen molar-refractivity contribution in [3.05, 3.63) is 35.9 Å². The van der Waals surface area contributed by atoms with E-state index in [0.29, 0.717) is 34.7 Å². The summed E-state index contributed by atoms with van der Waals surface area (Å²) in [5.74, 6) is 4.02. The summed E-state index contributed by atoms with van der Waals surface area (Å²) in [7, 11) is 1.00. The van der Waals surface area contributed by atoms with E-state index in [4.69, 9.17) is 14.9 Å². The molecule has 1 heterocycles. The van der Waals surface area contributed by atoms with Gasteiger partial charge in [-0.3, -0.25) is 4.79 Å². The second kappa shape index (κ2) is 12.5. The fourth-order valence-electron chi connectivity index (χ4n) is 11.7. The minimum absolute atomic E-state index is 0.120. The molecule has 2 N–H and O–H groups in total. The lowest BCUT2D eigenvalue weighted by Gasteiger charge is -2.71. The van der Waals surface area contributed by atoms with E-state index in [0.717, 1.165) is 49.9 Å². The summed E-state index contributed by atoms with van der Waals surface area (Å²) >= 11 is 0. The molecule has 0 bridgehead atoms. The molecule has 1 aromatic carbocycles. The van der Waals surface area contributed by atoms with Gasteiger partial charge in [0, 0.05) is 7.11 Å². The number of carbonyl (C=O) groups excluding carboxylic acids is 1. The number of carbonyl (C=O) groups is 1. The first kappa shape index (κ1) is 32.0. The summed E-state index contributed by atoms with van der Waals surface area (Å²) in [6.07, 6.45) is 15.8. The van der Waals surface area contributed by atoms with Gasteiger partial charge in [-0.1, -0.05) is 77.3 Å². The van der Waals surface area contributed by atoms with Crippen LogP contribution in [0, 0.1) is 51.2 Å². The first-order valence-electron chi connectivity index (χ1n) is 17.1. The van der Waals surface area contributed by atoms with Crippen LogP contribution >= 0.6 is 0 Å². The Morgan fingerprint density at radius 2 is 1.57 bits per heavy atom.